The van der Waals surface area contributed by atoms with E-state index in [9.17, 15) is 4.79 Å². The van der Waals surface area contributed by atoms with Crippen molar-refractivity contribution in [3.05, 3.63) is 12.2 Å². The van der Waals surface area contributed by atoms with Gasteiger partial charge in [0.1, 0.15) is 6.61 Å². The Kier molecular flexibility index (Phi) is 9.23. The third kappa shape index (κ3) is 8.27. The molecule has 1 aliphatic heterocycles. The summed E-state index contributed by atoms with van der Waals surface area (Å²) in [6.45, 7) is 14.2. The zero-order valence-electron chi connectivity index (χ0n) is 12.5. The molecule has 0 spiro atoms. The first-order chi connectivity index (χ1) is 9.70. The smallest absolute Gasteiger partial charge is 0.333 e. The number of hydrogen-bond donors (Lipinski definition) is 3. The minimum absolute atomic E-state index is 0.304. The first kappa shape index (κ1) is 17.1. The van der Waals surface area contributed by atoms with Crippen molar-refractivity contribution in [3.63, 3.8) is 0 Å². The summed E-state index contributed by atoms with van der Waals surface area (Å²) in [5, 5.41) is 10.2. The number of ether oxygens (including phenoxy) is 1. The molecular formula is C14H28N4O2. The molecule has 0 unspecified atom stereocenters. The molecule has 0 bridgehead atoms. The average molecular weight is 284 g/mol. The molecule has 0 aromatic heterocycles. The maximum Gasteiger partial charge on any atom is 0.333 e. The highest BCUT2D eigenvalue weighted by Gasteiger charge is 2.08. The average Bonchev–Trinajstić information content (AvgIpc) is 2.41. The zero-order valence-corrected chi connectivity index (χ0v) is 12.5. The van der Waals surface area contributed by atoms with Gasteiger partial charge in [0.2, 0.25) is 0 Å². The summed E-state index contributed by atoms with van der Waals surface area (Å²) < 4.78 is 5.15. The second-order valence-corrected chi connectivity index (χ2v) is 5.01. The fraction of sp³-hybridized carbons (Fsp3) is 0.786. The summed E-state index contributed by atoms with van der Waals surface area (Å²) in [5.41, 5.74) is 0.453. The molecule has 1 fully saturated rings. The number of hydrogen-bond acceptors (Lipinski definition) is 6. The van der Waals surface area contributed by atoms with E-state index < -0.39 is 0 Å². The van der Waals surface area contributed by atoms with Crippen molar-refractivity contribution in [3.8, 4) is 0 Å². The number of nitrogens with one attached hydrogen (secondary N) is 3. The molecule has 3 N–H and O–H groups in total. The lowest BCUT2D eigenvalue weighted by atomic mass is 10.3. The molecule has 0 atom stereocenters. The first-order valence-corrected chi connectivity index (χ1v) is 7.37. The van der Waals surface area contributed by atoms with Crippen LogP contribution in [0.2, 0.25) is 0 Å². The summed E-state index contributed by atoms with van der Waals surface area (Å²) in [5.74, 6) is -0.304. The summed E-state index contributed by atoms with van der Waals surface area (Å²) in [4.78, 5) is 13.6. The molecule has 0 aliphatic carbocycles. The Labute approximate surface area is 121 Å². The number of carbonyl (C=O) groups is 1. The van der Waals surface area contributed by atoms with E-state index in [0.29, 0.717) is 12.2 Å². The molecule has 20 heavy (non-hydrogen) atoms. The number of rotatable bonds is 4. The monoisotopic (exact) mass is 284 g/mol. The third-order valence-electron chi connectivity index (χ3n) is 3.16. The highest BCUT2D eigenvalue weighted by Crippen LogP contribution is 1.94. The Hall–Kier alpha value is -0.950. The highest BCUT2D eigenvalue weighted by atomic mass is 16.5. The van der Waals surface area contributed by atoms with Crippen LogP contribution < -0.4 is 16.0 Å². The predicted molar refractivity (Wildman–Crippen MR) is 80.8 cm³/mol. The molecule has 1 rings (SSSR count). The van der Waals surface area contributed by atoms with Crippen LogP contribution in [0.3, 0.4) is 0 Å². The molecule has 0 amide bonds. The fourth-order valence-corrected chi connectivity index (χ4v) is 1.93. The van der Waals surface area contributed by atoms with Crippen LogP contribution in [0.25, 0.3) is 0 Å². The molecule has 0 saturated carbocycles. The Morgan fingerprint density at radius 3 is 2.05 bits per heavy atom. The Morgan fingerprint density at radius 2 is 1.55 bits per heavy atom. The van der Waals surface area contributed by atoms with E-state index in [1.807, 2.05) is 0 Å². The van der Waals surface area contributed by atoms with Crippen molar-refractivity contribution in [2.75, 3.05) is 65.5 Å². The van der Waals surface area contributed by atoms with Crippen LogP contribution in [0, 0.1) is 0 Å². The molecule has 0 radical (unpaired) electrons. The van der Waals surface area contributed by atoms with Crippen molar-refractivity contribution >= 4 is 5.97 Å². The van der Waals surface area contributed by atoms with E-state index in [1.165, 1.54) is 0 Å². The van der Waals surface area contributed by atoms with Crippen molar-refractivity contribution in [2.45, 2.75) is 6.92 Å². The van der Waals surface area contributed by atoms with E-state index in [0.717, 1.165) is 58.9 Å². The van der Waals surface area contributed by atoms with E-state index >= 15 is 0 Å². The first-order valence-electron chi connectivity index (χ1n) is 7.37. The molecule has 1 saturated heterocycles. The van der Waals surface area contributed by atoms with Crippen molar-refractivity contribution < 1.29 is 9.53 Å². The largest absolute Gasteiger partial charge is 0.461 e. The number of nitrogens with zero attached hydrogens (tertiary/aromatic N) is 1. The lowest BCUT2D eigenvalue weighted by molar-refractivity contribution is -0.139. The molecule has 6 heteroatoms. The normalized spacial score (nSPS) is 19.6. The van der Waals surface area contributed by atoms with Gasteiger partial charge in [0.15, 0.2) is 0 Å². The van der Waals surface area contributed by atoms with Crippen LogP contribution in [0.4, 0.5) is 0 Å². The maximum absolute atomic E-state index is 11.3. The topological polar surface area (TPSA) is 65.6 Å². The summed E-state index contributed by atoms with van der Waals surface area (Å²) in [6.07, 6.45) is 0. The summed E-state index contributed by atoms with van der Waals surface area (Å²) in [7, 11) is 0. The van der Waals surface area contributed by atoms with Crippen molar-refractivity contribution in [1.82, 2.24) is 20.9 Å². The molecule has 0 aromatic rings. The van der Waals surface area contributed by atoms with Gasteiger partial charge in [-0.25, -0.2) is 4.79 Å². The van der Waals surface area contributed by atoms with E-state index in [1.54, 1.807) is 6.92 Å². The Morgan fingerprint density at radius 1 is 1.05 bits per heavy atom. The minimum atomic E-state index is -0.304. The summed E-state index contributed by atoms with van der Waals surface area (Å²) >= 11 is 0. The van der Waals surface area contributed by atoms with Crippen LogP contribution in [0.1, 0.15) is 6.92 Å². The van der Waals surface area contributed by atoms with Gasteiger partial charge >= 0.3 is 5.97 Å². The molecule has 1 heterocycles. The molecule has 6 nitrogen and oxygen atoms in total. The van der Waals surface area contributed by atoms with Gasteiger partial charge in [-0.15, -0.1) is 0 Å². The van der Waals surface area contributed by atoms with Crippen molar-refractivity contribution in [1.29, 1.82) is 0 Å². The molecule has 116 valence electrons. The predicted octanol–water partition coefficient (Wildman–Crippen LogP) is -0.810. The summed E-state index contributed by atoms with van der Waals surface area (Å²) in [6, 6.07) is 0. The van der Waals surface area contributed by atoms with E-state index in [2.05, 4.69) is 27.4 Å². The Balaban J connectivity index is 2.24. The number of carbonyl (C=O) groups excluding carboxylic acids is 1. The second kappa shape index (κ2) is 10.8. The molecule has 1 aliphatic rings. The Bertz CT molecular complexity index is 285. The van der Waals surface area contributed by atoms with Gasteiger partial charge in [0.25, 0.3) is 0 Å². The maximum atomic E-state index is 11.3. The highest BCUT2D eigenvalue weighted by molar-refractivity contribution is 5.86. The minimum Gasteiger partial charge on any atom is -0.461 e. The zero-order chi connectivity index (χ0) is 14.6. The van der Waals surface area contributed by atoms with Crippen LogP contribution in [-0.2, 0) is 9.53 Å². The fourth-order valence-electron chi connectivity index (χ4n) is 1.93. The quantitative estimate of drug-likeness (QED) is 0.463. The van der Waals surface area contributed by atoms with Crippen LogP contribution >= 0.6 is 0 Å². The van der Waals surface area contributed by atoms with Gasteiger partial charge in [-0.1, -0.05) is 6.58 Å². The van der Waals surface area contributed by atoms with Crippen LogP contribution in [-0.4, -0.2) is 76.4 Å². The van der Waals surface area contributed by atoms with Gasteiger partial charge in [-0.2, -0.15) is 0 Å². The third-order valence-corrected chi connectivity index (χ3v) is 3.16. The standard InChI is InChI=1S/C14H28N4O2/c1-13(2)14(19)20-12-11-18-9-7-16-5-3-15-4-6-17-8-10-18/h15-17H,1,3-12H2,2H3. The SMILES string of the molecule is C=C(C)C(=O)OCCN1CCNCCNCCNCC1. The number of esters is 1. The van der Waals surface area contributed by atoms with Crippen LogP contribution in [0.5, 0.6) is 0 Å². The lowest BCUT2D eigenvalue weighted by Crippen LogP contribution is -2.42. The molecule has 0 aromatic carbocycles. The van der Waals surface area contributed by atoms with Gasteiger partial charge in [-0.05, 0) is 6.92 Å². The van der Waals surface area contributed by atoms with Gasteiger partial charge in [0, 0.05) is 64.5 Å². The van der Waals surface area contributed by atoms with Gasteiger partial charge < -0.3 is 20.7 Å². The van der Waals surface area contributed by atoms with Gasteiger partial charge in [0.05, 0.1) is 0 Å². The van der Waals surface area contributed by atoms with Gasteiger partial charge in [-0.3, -0.25) is 4.90 Å². The van der Waals surface area contributed by atoms with Crippen LogP contribution in [0.15, 0.2) is 12.2 Å². The van der Waals surface area contributed by atoms with E-state index in [4.69, 9.17) is 4.74 Å². The molecular weight excluding hydrogens is 256 g/mol. The lowest BCUT2D eigenvalue weighted by Gasteiger charge is -2.23. The van der Waals surface area contributed by atoms with E-state index in [-0.39, 0.29) is 5.97 Å². The second-order valence-electron chi connectivity index (χ2n) is 5.01. The van der Waals surface area contributed by atoms with Crippen molar-refractivity contribution in [2.24, 2.45) is 0 Å².